The van der Waals surface area contributed by atoms with Gasteiger partial charge in [-0.3, -0.25) is 9.79 Å². The maximum Gasteiger partial charge on any atom is 0.338 e. The van der Waals surface area contributed by atoms with Gasteiger partial charge in [0.05, 0.1) is 29.2 Å². The highest BCUT2D eigenvalue weighted by Crippen LogP contribution is 2.42. The van der Waals surface area contributed by atoms with Crippen molar-refractivity contribution in [3.05, 3.63) is 82.4 Å². The number of carbonyl (C=O) groups is 2. The summed E-state index contributed by atoms with van der Waals surface area (Å²) in [7, 11) is 0. The van der Waals surface area contributed by atoms with E-state index in [1.165, 1.54) is 5.56 Å². The third-order valence-corrected chi connectivity index (χ3v) is 6.16. The number of unbranched alkanes of at least 4 members (excludes halogenated alkanes) is 1. The van der Waals surface area contributed by atoms with Crippen LogP contribution in [0.15, 0.2) is 70.7 Å². The zero-order valence-electron chi connectivity index (χ0n) is 19.7. The Morgan fingerprint density at radius 2 is 1.76 bits per heavy atom. The van der Waals surface area contributed by atoms with Crippen LogP contribution in [-0.2, 0) is 16.0 Å². The molecule has 33 heavy (non-hydrogen) atoms. The molecule has 0 atom stereocenters. The standard InChI is InChI=1S/C29H31NO3/c1-4-5-18-33-29(32)23-16-17-25(27-26(23)21-11-7-8-12-22(21)28(27)31)30-24-13-9-6-10-20(24)15-14-19(2)3/h6-13,16,19H,4-5,14-15,17-18H2,1-3H3. The number of hydrogen-bond donors (Lipinski definition) is 0. The van der Waals surface area contributed by atoms with Crippen LogP contribution in [0.3, 0.4) is 0 Å². The van der Waals surface area contributed by atoms with Gasteiger partial charge in [0.1, 0.15) is 0 Å². The molecule has 2 aromatic carbocycles. The molecule has 0 bridgehead atoms. The van der Waals surface area contributed by atoms with Crippen molar-refractivity contribution < 1.29 is 14.3 Å². The van der Waals surface area contributed by atoms with Crippen LogP contribution in [0.5, 0.6) is 0 Å². The summed E-state index contributed by atoms with van der Waals surface area (Å²) in [5.41, 5.74) is 5.89. The minimum absolute atomic E-state index is 0.0639. The highest BCUT2D eigenvalue weighted by atomic mass is 16.5. The molecule has 0 radical (unpaired) electrons. The number of fused-ring (bicyclic) bond motifs is 2. The molecular weight excluding hydrogens is 410 g/mol. The first kappa shape index (κ1) is 22.9. The molecule has 170 valence electrons. The molecule has 0 spiro atoms. The largest absolute Gasteiger partial charge is 0.462 e. The number of carbonyl (C=O) groups excluding carboxylic acids is 2. The van der Waals surface area contributed by atoms with Crippen molar-refractivity contribution in [3.63, 3.8) is 0 Å². The van der Waals surface area contributed by atoms with E-state index in [4.69, 9.17) is 9.73 Å². The van der Waals surface area contributed by atoms with Gasteiger partial charge in [-0.2, -0.15) is 0 Å². The lowest BCUT2D eigenvalue weighted by Crippen LogP contribution is -2.18. The van der Waals surface area contributed by atoms with Crippen molar-refractivity contribution in [2.45, 2.75) is 52.9 Å². The van der Waals surface area contributed by atoms with Crippen molar-refractivity contribution in [1.82, 2.24) is 0 Å². The number of aryl methyl sites for hydroxylation is 1. The van der Waals surface area contributed by atoms with Gasteiger partial charge in [-0.15, -0.1) is 0 Å². The normalized spacial score (nSPS) is 16.2. The summed E-state index contributed by atoms with van der Waals surface area (Å²) in [5.74, 6) is 0.174. The second-order valence-corrected chi connectivity index (χ2v) is 9.06. The second kappa shape index (κ2) is 10.1. The summed E-state index contributed by atoms with van der Waals surface area (Å²) in [5, 5.41) is 0. The first-order chi connectivity index (χ1) is 16.0. The maximum absolute atomic E-state index is 13.4. The summed E-state index contributed by atoms with van der Waals surface area (Å²) in [6, 6.07) is 15.6. The molecule has 4 rings (SSSR count). The minimum Gasteiger partial charge on any atom is -0.462 e. The van der Waals surface area contributed by atoms with Crippen LogP contribution in [-0.4, -0.2) is 24.1 Å². The topological polar surface area (TPSA) is 55.7 Å². The number of allylic oxidation sites excluding steroid dienone is 2. The van der Waals surface area contributed by atoms with Gasteiger partial charge in [0.2, 0.25) is 0 Å². The van der Waals surface area contributed by atoms with Gasteiger partial charge < -0.3 is 4.74 Å². The molecular formula is C29H31NO3. The van der Waals surface area contributed by atoms with E-state index in [1.807, 2.05) is 48.5 Å². The highest BCUT2D eigenvalue weighted by molar-refractivity contribution is 6.41. The molecule has 0 heterocycles. The monoisotopic (exact) mass is 441 g/mol. The van der Waals surface area contributed by atoms with Crippen LogP contribution in [0.4, 0.5) is 5.69 Å². The first-order valence-corrected chi connectivity index (χ1v) is 11.9. The number of aliphatic imine (C=N–C) groups is 1. The predicted octanol–water partition coefficient (Wildman–Crippen LogP) is 6.67. The lowest BCUT2D eigenvalue weighted by molar-refractivity contribution is -0.138. The molecule has 0 unspecified atom stereocenters. The van der Waals surface area contributed by atoms with E-state index in [0.717, 1.165) is 36.9 Å². The molecule has 0 aliphatic heterocycles. The molecule has 0 N–H and O–H groups in total. The number of esters is 1. The van der Waals surface area contributed by atoms with E-state index in [-0.39, 0.29) is 11.8 Å². The maximum atomic E-state index is 13.4. The van der Waals surface area contributed by atoms with Crippen molar-refractivity contribution in [2.75, 3.05) is 6.61 Å². The Morgan fingerprint density at radius 1 is 1.03 bits per heavy atom. The van der Waals surface area contributed by atoms with Gasteiger partial charge >= 0.3 is 5.97 Å². The Balaban J connectivity index is 1.75. The van der Waals surface area contributed by atoms with Crippen molar-refractivity contribution in [1.29, 1.82) is 0 Å². The number of ketones is 1. The summed E-state index contributed by atoms with van der Waals surface area (Å²) >= 11 is 0. The number of Topliss-reactive ketones (excluding diaryl/α,β-unsaturated/α-hetero) is 1. The van der Waals surface area contributed by atoms with Crippen LogP contribution in [0.2, 0.25) is 0 Å². The van der Waals surface area contributed by atoms with Crippen LogP contribution >= 0.6 is 0 Å². The van der Waals surface area contributed by atoms with Gasteiger partial charge in [0.15, 0.2) is 5.78 Å². The lowest BCUT2D eigenvalue weighted by atomic mass is 9.88. The lowest BCUT2D eigenvalue weighted by Gasteiger charge is -2.18. The Bertz CT molecular complexity index is 1170. The molecule has 2 aliphatic rings. The average molecular weight is 442 g/mol. The average Bonchev–Trinajstić information content (AvgIpc) is 3.12. The summed E-state index contributed by atoms with van der Waals surface area (Å²) < 4.78 is 5.51. The third-order valence-electron chi connectivity index (χ3n) is 6.16. The molecule has 0 fully saturated rings. The van der Waals surface area contributed by atoms with Gasteiger partial charge in [-0.1, -0.05) is 75.7 Å². The molecule has 4 heteroatoms. The van der Waals surface area contributed by atoms with E-state index in [0.29, 0.717) is 46.9 Å². The van der Waals surface area contributed by atoms with Crippen molar-refractivity contribution in [2.24, 2.45) is 10.9 Å². The van der Waals surface area contributed by atoms with Crippen molar-refractivity contribution in [3.8, 4) is 0 Å². The molecule has 0 saturated carbocycles. The van der Waals surface area contributed by atoms with Gasteiger partial charge in [0, 0.05) is 17.6 Å². The van der Waals surface area contributed by atoms with Gasteiger partial charge in [-0.05, 0) is 42.4 Å². The third kappa shape index (κ3) is 4.75. The Kier molecular flexibility index (Phi) is 7.02. The zero-order valence-corrected chi connectivity index (χ0v) is 19.7. The quantitative estimate of drug-likeness (QED) is 0.339. The van der Waals surface area contributed by atoms with Gasteiger partial charge in [0.25, 0.3) is 0 Å². The molecule has 4 nitrogen and oxygen atoms in total. The smallest absolute Gasteiger partial charge is 0.338 e. The molecule has 0 aromatic heterocycles. The minimum atomic E-state index is -0.364. The van der Waals surface area contributed by atoms with E-state index >= 15 is 0 Å². The van der Waals surface area contributed by atoms with E-state index in [2.05, 4.69) is 26.8 Å². The number of benzene rings is 2. The molecule has 2 aliphatic carbocycles. The highest BCUT2D eigenvalue weighted by Gasteiger charge is 2.38. The van der Waals surface area contributed by atoms with Crippen molar-refractivity contribution >= 4 is 28.7 Å². The number of ether oxygens (including phenoxy) is 1. The fraction of sp³-hybridized carbons (Fsp3) is 0.345. The Labute approximate surface area is 196 Å². The number of rotatable bonds is 8. The fourth-order valence-electron chi connectivity index (χ4n) is 4.33. The Morgan fingerprint density at radius 3 is 2.52 bits per heavy atom. The number of para-hydroxylation sites is 1. The zero-order chi connectivity index (χ0) is 23.4. The Hall–Kier alpha value is -3.27. The van der Waals surface area contributed by atoms with E-state index in [1.54, 1.807) is 0 Å². The number of nitrogens with zero attached hydrogens (tertiary/aromatic N) is 1. The molecule has 2 aromatic rings. The van der Waals surface area contributed by atoms with Crippen LogP contribution in [0.25, 0.3) is 5.57 Å². The number of hydrogen-bond acceptors (Lipinski definition) is 4. The predicted molar refractivity (Wildman–Crippen MR) is 133 cm³/mol. The first-order valence-electron chi connectivity index (χ1n) is 11.9. The SMILES string of the molecule is CCCCOC(=O)C1=CCC(=Nc2ccccc2CCC(C)C)C2=C1c1ccccc1C2=O. The molecule has 0 saturated heterocycles. The summed E-state index contributed by atoms with van der Waals surface area (Å²) in [6.07, 6.45) is 6.09. The molecule has 0 amide bonds. The van der Waals surface area contributed by atoms with E-state index in [9.17, 15) is 9.59 Å². The summed E-state index contributed by atoms with van der Waals surface area (Å²) in [6.45, 7) is 6.87. The van der Waals surface area contributed by atoms with Gasteiger partial charge in [-0.25, -0.2) is 4.79 Å². The summed E-state index contributed by atoms with van der Waals surface area (Å²) in [4.78, 5) is 31.3. The second-order valence-electron chi connectivity index (χ2n) is 9.06. The van der Waals surface area contributed by atoms with Crippen LogP contribution in [0.1, 0.15) is 67.9 Å². The fourth-order valence-corrected chi connectivity index (χ4v) is 4.33. The van der Waals surface area contributed by atoms with E-state index < -0.39 is 0 Å². The van der Waals surface area contributed by atoms with Crippen LogP contribution in [0, 0.1) is 5.92 Å². The van der Waals surface area contributed by atoms with Crippen LogP contribution < -0.4 is 0 Å².